The lowest BCUT2D eigenvalue weighted by atomic mass is 9.93. The maximum absolute atomic E-state index is 13.5. The number of phenols is 1. The number of fused-ring (bicyclic) bond motifs is 1. The van der Waals surface area contributed by atoms with Gasteiger partial charge in [0.1, 0.15) is 5.75 Å². The molecule has 0 aliphatic carbocycles. The van der Waals surface area contributed by atoms with E-state index in [-0.39, 0.29) is 17.9 Å². The SMILES string of the molecule is CCOC(=O)C1=C(C)N=c2sc(=Cc3ccc(O)cc3)c(=O)n2C1c1ccc(C(C)C)cc1. The monoisotopic (exact) mass is 462 g/mol. The predicted molar refractivity (Wildman–Crippen MR) is 129 cm³/mol. The largest absolute Gasteiger partial charge is 0.508 e. The van der Waals surface area contributed by atoms with E-state index in [2.05, 4.69) is 18.8 Å². The minimum absolute atomic E-state index is 0.160. The highest BCUT2D eigenvalue weighted by Gasteiger charge is 2.33. The van der Waals surface area contributed by atoms with Crippen molar-refractivity contribution in [2.45, 2.75) is 39.7 Å². The summed E-state index contributed by atoms with van der Waals surface area (Å²) >= 11 is 1.28. The van der Waals surface area contributed by atoms with Crippen LogP contribution in [0.3, 0.4) is 0 Å². The normalized spacial score (nSPS) is 16.0. The Labute approximate surface area is 195 Å². The minimum atomic E-state index is -0.622. The molecule has 3 aromatic rings. The van der Waals surface area contributed by atoms with Crippen molar-refractivity contribution in [2.24, 2.45) is 4.99 Å². The standard InChI is InChI=1S/C26H26N2O4S/c1-5-32-25(31)22-16(4)27-26-28(23(22)19-10-8-18(9-11-19)15(2)3)24(30)21(33-26)14-17-6-12-20(29)13-7-17/h6-15,23,29H,5H2,1-4H3. The first-order chi connectivity index (χ1) is 15.8. The number of aromatic nitrogens is 1. The molecule has 1 aliphatic heterocycles. The van der Waals surface area contributed by atoms with Crippen LogP contribution in [0.4, 0.5) is 0 Å². The number of nitrogens with zero attached hydrogens (tertiary/aromatic N) is 2. The Hall–Kier alpha value is -3.45. The van der Waals surface area contributed by atoms with Gasteiger partial charge < -0.3 is 9.84 Å². The fourth-order valence-corrected chi connectivity index (χ4v) is 4.94. The third-order valence-corrected chi connectivity index (χ3v) is 6.61. The highest BCUT2D eigenvalue weighted by Crippen LogP contribution is 2.31. The number of hydrogen-bond donors (Lipinski definition) is 1. The second kappa shape index (κ2) is 9.19. The molecule has 6 nitrogen and oxygen atoms in total. The van der Waals surface area contributed by atoms with Gasteiger partial charge >= 0.3 is 5.97 Å². The van der Waals surface area contributed by atoms with Crippen LogP contribution in [0.1, 0.15) is 56.3 Å². The highest BCUT2D eigenvalue weighted by atomic mass is 32.1. The number of carbonyl (C=O) groups excluding carboxylic acids is 1. The van der Waals surface area contributed by atoms with E-state index in [1.807, 2.05) is 24.3 Å². The van der Waals surface area contributed by atoms with Gasteiger partial charge in [-0.3, -0.25) is 9.36 Å². The van der Waals surface area contributed by atoms with Crippen molar-refractivity contribution < 1.29 is 14.6 Å². The molecule has 33 heavy (non-hydrogen) atoms. The van der Waals surface area contributed by atoms with Crippen LogP contribution in [0.5, 0.6) is 5.75 Å². The summed E-state index contributed by atoms with van der Waals surface area (Å²) in [4.78, 5) is 31.6. The molecular formula is C26H26N2O4S. The number of hydrogen-bond acceptors (Lipinski definition) is 6. The first-order valence-corrected chi connectivity index (χ1v) is 11.7. The van der Waals surface area contributed by atoms with Crippen LogP contribution < -0.4 is 14.9 Å². The molecule has 0 fully saturated rings. The molecule has 170 valence electrons. The van der Waals surface area contributed by atoms with Crippen molar-refractivity contribution >= 4 is 23.4 Å². The number of ether oxygens (including phenoxy) is 1. The number of benzene rings is 2. The molecule has 7 heteroatoms. The quantitative estimate of drug-likeness (QED) is 0.587. The molecule has 4 rings (SSSR count). The van der Waals surface area contributed by atoms with Crippen LogP contribution in [-0.4, -0.2) is 22.2 Å². The van der Waals surface area contributed by atoms with Crippen molar-refractivity contribution in [3.05, 3.63) is 96.2 Å². The summed E-state index contributed by atoms with van der Waals surface area (Å²) in [6.45, 7) is 8.01. The van der Waals surface area contributed by atoms with Crippen LogP contribution in [-0.2, 0) is 9.53 Å². The lowest BCUT2D eigenvalue weighted by Gasteiger charge is -2.25. The summed E-state index contributed by atoms with van der Waals surface area (Å²) in [6.07, 6.45) is 1.77. The van der Waals surface area contributed by atoms with Crippen LogP contribution >= 0.6 is 11.3 Å². The van der Waals surface area contributed by atoms with E-state index in [9.17, 15) is 14.7 Å². The lowest BCUT2D eigenvalue weighted by molar-refractivity contribution is -0.139. The molecule has 1 atom stereocenters. The van der Waals surface area contributed by atoms with Crippen LogP contribution in [0, 0.1) is 0 Å². The van der Waals surface area contributed by atoms with Crippen molar-refractivity contribution in [3.8, 4) is 5.75 Å². The maximum atomic E-state index is 13.5. The second-order valence-electron chi connectivity index (χ2n) is 8.22. The summed E-state index contributed by atoms with van der Waals surface area (Å²) in [5, 5.41) is 9.54. The molecule has 1 aliphatic rings. The van der Waals surface area contributed by atoms with Crippen LogP contribution in [0.15, 0.2) is 69.6 Å². The number of phenolic OH excluding ortho intramolecular Hbond substituents is 1. The molecule has 1 N–H and O–H groups in total. The lowest BCUT2D eigenvalue weighted by Crippen LogP contribution is -2.39. The molecule has 1 aromatic heterocycles. The zero-order valence-electron chi connectivity index (χ0n) is 19.0. The number of rotatable bonds is 5. The summed E-state index contributed by atoms with van der Waals surface area (Å²) < 4.78 is 7.42. The van der Waals surface area contributed by atoms with Gasteiger partial charge in [0.25, 0.3) is 5.56 Å². The Morgan fingerprint density at radius 2 is 1.85 bits per heavy atom. The van der Waals surface area contributed by atoms with Gasteiger partial charge in [-0.25, -0.2) is 9.79 Å². The topological polar surface area (TPSA) is 80.9 Å². The summed E-state index contributed by atoms with van der Waals surface area (Å²) in [5.74, 6) is 0.0609. The van der Waals surface area contributed by atoms with Gasteiger partial charge in [-0.15, -0.1) is 0 Å². The van der Waals surface area contributed by atoms with Crippen molar-refractivity contribution in [1.82, 2.24) is 4.57 Å². The number of carbonyl (C=O) groups is 1. The van der Waals surface area contributed by atoms with E-state index < -0.39 is 12.0 Å². The van der Waals surface area contributed by atoms with E-state index in [0.29, 0.717) is 26.5 Å². The number of allylic oxidation sites excluding steroid dienone is 1. The Bertz CT molecular complexity index is 1390. The van der Waals surface area contributed by atoms with Crippen LogP contribution in [0.25, 0.3) is 6.08 Å². The molecule has 2 heterocycles. The molecule has 0 spiro atoms. The molecular weight excluding hydrogens is 436 g/mol. The van der Waals surface area contributed by atoms with E-state index in [1.54, 1.807) is 48.8 Å². The maximum Gasteiger partial charge on any atom is 0.338 e. The fraction of sp³-hybridized carbons (Fsp3) is 0.269. The summed E-state index contributed by atoms with van der Waals surface area (Å²) in [5.41, 5.74) is 3.49. The summed E-state index contributed by atoms with van der Waals surface area (Å²) in [6, 6.07) is 14.0. The average molecular weight is 463 g/mol. The average Bonchev–Trinajstić information content (AvgIpc) is 3.09. The number of esters is 1. The molecule has 0 saturated carbocycles. The van der Waals surface area contributed by atoms with Gasteiger partial charge in [-0.2, -0.15) is 0 Å². The first kappa shape index (κ1) is 22.7. The van der Waals surface area contributed by atoms with Gasteiger partial charge in [0.2, 0.25) is 0 Å². The van der Waals surface area contributed by atoms with Crippen molar-refractivity contribution in [1.29, 1.82) is 0 Å². The van der Waals surface area contributed by atoms with Crippen molar-refractivity contribution in [3.63, 3.8) is 0 Å². The molecule has 2 aromatic carbocycles. The van der Waals surface area contributed by atoms with Gasteiger partial charge in [-0.1, -0.05) is 61.6 Å². The van der Waals surface area contributed by atoms with E-state index >= 15 is 0 Å². The van der Waals surface area contributed by atoms with E-state index in [4.69, 9.17) is 4.74 Å². The first-order valence-electron chi connectivity index (χ1n) is 10.9. The second-order valence-corrected chi connectivity index (χ2v) is 9.22. The number of aromatic hydroxyl groups is 1. The van der Waals surface area contributed by atoms with E-state index in [1.165, 1.54) is 16.9 Å². The zero-order valence-corrected chi connectivity index (χ0v) is 19.8. The third kappa shape index (κ3) is 4.41. The van der Waals surface area contributed by atoms with E-state index in [0.717, 1.165) is 11.1 Å². The molecule has 0 bridgehead atoms. The van der Waals surface area contributed by atoms with Gasteiger partial charge in [-0.05, 0) is 54.7 Å². The number of thiazole rings is 1. The Kier molecular flexibility index (Phi) is 6.33. The Morgan fingerprint density at radius 1 is 1.18 bits per heavy atom. The zero-order chi connectivity index (χ0) is 23.7. The highest BCUT2D eigenvalue weighted by molar-refractivity contribution is 7.07. The Morgan fingerprint density at radius 3 is 2.45 bits per heavy atom. The Balaban J connectivity index is 1.92. The summed E-state index contributed by atoms with van der Waals surface area (Å²) in [7, 11) is 0. The third-order valence-electron chi connectivity index (χ3n) is 5.63. The molecule has 0 amide bonds. The molecule has 0 radical (unpaired) electrons. The predicted octanol–water partition coefficient (Wildman–Crippen LogP) is 3.63. The van der Waals surface area contributed by atoms with Crippen molar-refractivity contribution in [2.75, 3.05) is 6.61 Å². The fourth-order valence-electron chi connectivity index (χ4n) is 3.89. The van der Waals surface area contributed by atoms with Gasteiger partial charge in [0.05, 0.1) is 28.5 Å². The van der Waals surface area contributed by atoms with Gasteiger partial charge in [0, 0.05) is 0 Å². The smallest absolute Gasteiger partial charge is 0.338 e. The van der Waals surface area contributed by atoms with Crippen LogP contribution in [0.2, 0.25) is 0 Å². The molecule has 0 saturated heterocycles. The molecule has 1 unspecified atom stereocenters. The minimum Gasteiger partial charge on any atom is -0.508 e. The van der Waals surface area contributed by atoms with Gasteiger partial charge in [0.15, 0.2) is 4.80 Å².